The molecule has 1 fully saturated rings. The molecule has 0 N–H and O–H groups in total. The van der Waals surface area contributed by atoms with Gasteiger partial charge in [-0.2, -0.15) is 0 Å². The average molecular weight is 537 g/mol. The molecule has 3 aromatic carbocycles. The molecule has 1 aliphatic rings. The summed E-state index contributed by atoms with van der Waals surface area (Å²) < 4.78 is 33.0. The molecule has 0 unspecified atom stereocenters. The quantitative estimate of drug-likeness (QED) is 0.350. The molecular weight excluding hydrogens is 505 g/mol. The fourth-order valence-corrected chi connectivity index (χ4v) is 4.26. The minimum Gasteiger partial charge on any atom is -0.367 e. The van der Waals surface area contributed by atoms with Gasteiger partial charge in [0.15, 0.2) is 5.78 Å². The van der Waals surface area contributed by atoms with Crippen molar-refractivity contribution in [2.75, 3.05) is 45.9 Å². The summed E-state index contributed by atoms with van der Waals surface area (Å²) in [4.78, 5) is 16.9. The molecule has 0 bridgehead atoms. The molecular formula is C28H32Cl2F2N2O2. The Hall–Kier alpha value is -2.35. The predicted octanol–water partition coefficient (Wildman–Crippen LogP) is 5.34. The molecule has 3 aromatic rings. The van der Waals surface area contributed by atoms with E-state index in [-0.39, 0.29) is 42.2 Å². The van der Waals surface area contributed by atoms with Gasteiger partial charge in [-0.25, -0.2) is 8.78 Å². The van der Waals surface area contributed by atoms with Gasteiger partial charge in [-0.3, -0.25) is 14.6 Å². The van der Waals surface area contributed by atoms with Gasteiger partial charge in [0, 0.05) is 39.1 Å². The number of benzene rings is 3. The Labute approximate surface area is 224 Å². The Bertz CT molecular complexity index is 1000. The lowest BCUT2D eigenvalue weighted by Crippen LogP contribution is -2.48. The van der Waals surface area contributed by atoms with Crippen LogP contribution in [0.2, 0.25) is 0 Å². The maximum Gasteiger partial charge on any atom is 0.151 e. The van der Waals surface area contributed by atoms with E-state index in [0.29, 0.717) is 19.6 Å². The highest BCUT2D eigenvalue weighted by Gasteiger charge is 2.20. The van der Waals surface area contributed by atoms with Crippen LogP contribution in [-0.4, -0.2) is 61.5 Å². The second-order valence-corrected chi connectivity index (χ2v) is 8.67. The van der Waals surface area contributed by atoms with Crippen LogP contribution in [0.5, 0.6) is 0 Å². The van der Waals surface area contributed by atoms with E-state index in [1.807, 2.05) is 30.3 Å². The number of hydrogen-bond donors (Lipinski definition) is 0. The van der Waals surface area contributed by atoms with Gasteiger partial charge in [0.1, 0.15) is 17.7 Å². The number of hydrogen-bond acceptors (Lipinski definition) is 4. The molecule has 1 saturated heterocycles. The molecule has 0 spiro atoms. The topological polar surface area (TPSA) is 32.8 Å². The van der Waals surface area contributed by atoms with Crippen molar-refractivity contribution < 1.29 is 18.3 Å². The van der Waals surface area contributed by atoms with Crippen molar-refractivity contribution in [2.45, 2.75) is 12.5 Å². The summed E-state index contributed by atoms with van der Waals surface area (Å²) in [7, 11) is 0. The number of nitrogens with zero attached hydrogens (tertiary/aromatic N) is 2. The fraction of sp³-hybridized carbons (Fsp3) is 0.321. The monoisotopic (exact) mass is 536 g/mol. The molecule has 36 heavy (non-hydrogen) atoms. The summed E-state index contributed by atoms with van der Waals surface area (Å²) in [5.74, 6) is -0.368. The summed E-state index contributed by atoms with van der Waals surface area (Å²) in [5.41, 5.74) is 2.71. The SMILES string of the molecule is Cl.Cl.O=C(Cc1ccccc1)CN1CCN(CCOC(c2ccc(F)cc2)c2ccc(F)cc2)CC1. The Morgan fingerprint density at radius 3 is 1.78 bits per heavy atom. The number of ketones is 1. The minimum absolute atomic E-state index is 0. The van der Waals surface area contributed by atoms with Crippen LogP contribution in [0.1, 0.15) is 22.8 Å². The molecule has 1 aliphatic heterocycles. The molecule has 194 valence electrons. The van der Waals surface area contributed by atoms with Crippen LogP contribution in [0, 0.1) is 11.6 Å². The number of carbonyl (C=O) groups is 1. The van der Waals surface area contributed by atoms with Crippen LogP contribution in [0.4, 0.5) is 8.78 Å². The lowest BCUT2D eigenvalue weighted by molar-refractivity contribution is -0.120. The lowest BCUT2D eigenvalue weighted by atomic mass is 10.0. The molecule has 0 radical (unpaired) electrons. The third-order valence-electron chi connectivity index (χ3n) is 6.15. The van der Waals surface area contributed by atoms with Crippen LogP contribution in [0.15, 0.2) is 78.9 Å². The Kier molecular flexibility index (Phi) is 12.5. The maximum atomic E-state index is 13.4. The number of ether oxygens (including phenoxy) is 1. The van der Waals surface area contributed by atoms with Crippen molar-refractivity contribution in [1.29, 1.82) is 0 Å². The zero-order chi connectivity index (χ0) is 23.8. The first kappa shape index (κ1) is 29.9. The molecule has 8 heteroatoms. The number of carbonyl (C=O) groups excluding carboxylic acids is 1. The highest BCUT2D eigenvalue weighted by molar-refractivity contribution is 5.85. The van der Waals surface area contributed by atoms with Gasteiger partial charge in [-0.1, -0.05) is 54.6 Å². The zero-order valence-electron chi connectivity index (χ0n) is 20.0. The Morgan fingerprint density at radius 2 is 1.25 bits per heavy atom. The smallest absolute Gasteiger partial charge is 0.151 e. The lowest BCUT2D eigenvalue weighted by Gasteiger charge is -2.34. The third kappa shape index (κ3) is 8.95. The van der Waals surface area contributed by atoms with Crippen molar-refractivity contribution in [2.24, 2.45) is 0 Å². The largest absolute Gasteiger partial charge is 0.367 e. The standard InChI is InChI=1S/C28H30F2N2O2.2ClH/c29-25-10-6-23(7-11-25)28(24-8-12-26(30)13-9-24)34-19-18-31-14-16-32(17-15-31)21-27(33)20-22-4-2-1-3-5-22;;/h1-13,28H,14-21H2;2*1H. The number of piperazine rings is 1. The summed E-state index contributed by atoms with van der Waals surface area (Å²) >= 11 is 0. The summed E-state index contributed by atoms with van der Waals surface area (Å²) in [6, 6.07) is 22.3. The van der Waals surface area contributed by atoms with E-state index >= 15 is 0 Å². The minimum atomic E-state index is -0.391. The van der Waals surface area contributed by atoms with Gasteiger partial charge in [0.2, 0.25) is 0 Å². The van der Waals surface area contributed by atoms with E-state index in [2.05, 4.69) is 9.80 Å². The number of halogens is 4. The maximum absolute atomic E-state index is 13.4. The fourth-order valence-electron chi connectivity index (χ4n) is 4.26. The zero-order valence-corrected chi connectivity index (χ0v) is 21.7. The normalized spacial score (nSPS) is 14.2. The first-order valence-electron chi connectivity index (χ1n) is 11.7. The van der Waals surface area contributed by atoms with Crippen LogP contribution in [-0.2, 0) is 16.0 Å². The van der Waals surface area contributed by atoms with Gasteiger partial charge in [-0.05, 0) is 41.0 Å². The van der Waals surface area contributed by atoms with E-state index in [4.69, 9.17) is 4.74 Å². The van der Waals surface area contributed by atoms with Crippen molar-refractivity contribution in [3.8, 4) is 0 Å². The van der Waals surface area contributed by atoms with E-state index in [1.54, 1.807) is 24.3 Å². The molecule has 0 saturated carbocycles. The van der Waals surface area contributed by atoms with Crippen LogP contribution in [0.25, 0.3) is 0 Å². The Balaban J connectivity index is 0.00000228. The molecule has 0 amide bonds. The van der Waals surface area contributed by atoms with Gasteiger partial charge in [0.25, 0.3) is 0 Å². The number of rotatable bonds is 10. The summed E-state index contributed by atoms with van der Waals surface area (Å²) in [5, 5.41) is 0. The Morgan fingerprint density at radius 1 is 0.750 bits per heavy atom. The average Bonchev–Trinajstić information content (AvgIpc) is 2.85. The van der Waals surface area contributed by atoms with E-state index < -0.39 is 6.10 Å². The summed E-state index contributed by atoms with van der Waals surface area (Å²) in [6.45, 7) is 5.17. The molecule has 0 atom stereocenters. The van der Waals surface area contributed by atoms with E-state index in [1.165, 1.54) is 24.3 Å². The van der Waals surface area contributed by atoms with E-state index in [9.17, 15) is 13.6 Å². The first-order chi connectivity index (χ1) is 16.6. The van der Waals surface area contributed by atoms with Crippen LogP contribution < -0.4 is 0 Å². The van der Waals surface area contributed by atoms with Crippen LogP contribution in [0.3, 0.4) is 0 Å². The molecule has 0 aliphatic carbocycles. The van der Waals surface area contributed by atoms with Gasteiger partial charge in [0.05, 0.1) is 13.2 Å². The summed E-state index contributed by atoms with van der Waals surface area (Å²) in [6.07, 6.45) is 0.0846. The first-order valence-corrected chi connectivity index (χ1v) is 11.7. The third-order valence-corrected chi connectivity index (χ3v) is 6.15. The highest BCUT2D eigenvalue weighted by Crippen LogP contribution is 2.26. The van der Waals surface area contributed by atoms with Crippen LogP contribution >= 0.6 is 24.8 Å². The van der Waals surface area contributed by atoms with Gasteiger partial charge >= 0.3 is 0 Å². The molecule has 1 heterocycles. The highest BCUT2D eigenvalue weighted by atomic mass is 35.5. The number of Topliss-reactive ketones (excluding diaryl/α,β-unsaturated/α-hetero) is 1. The van der Waals surface area contributed by atoms with Gasteiger partial charge in [-0.15, -0.1) is 24.8 Å². The second-order valence-electron chi connectivity index (χ2n) is 8.67. The molecule has 0 aromatic heterocycles. The molecule has 4 nitrogen and oxygen atoms in total. The van der Waals surface area contributed by atoms with Crippen molar-refractivity contribution in [3.63, 3.8) is 0 Å². The van der Waals surface area contributed by atoms with Crippen molar-refractivity contribution in [3.05, 3.63) is 107 Å². The molecule has 4 rings (SSSR count). The van der Waals surface area contributed by atoms with Gasteiger partial charge < -0.3 is 4.74 Å². The van der Waals surface area contributed by atoms with E-state index in [0.717, 1.165) is 49.4 Å². The van der Waals surface area contributed by atoms with Crippen molar-refractivity contribution >= 4 is 30.6 Å². The second kappa shape index (κ2) is 15.0. The predicted molar refractivity (Wildman–Crippen MR) is 143 cm³/mol. The van der Waals surface area contributed by atoms with Crippen molar-refractivity contribution in [1.82, 2.24) is 9.80 Å².